The molecule has 3 rings (SSSR count). The highest BCUT2D eigenvalue weighted by molar-refractivity contribution is 7.89. The summed E-state index contributed by atoms with van der Waals surface area (Å²) in [5.74, 6) is 1.61. The molecule has 0 aliphatic heterocycles. The number of para-hydroxylation sites is 1. The van der Waals surface area contributed by atoms with Crippen molar-refractivity contribution in [1.82, 2.24) is 10.0 Å². The smallest absolute Gasteiger partial charge is 0.258 e. The van der Waals surface area contributed by atoms with E-state index in [-0.39, 0.29) is 24.0 Å². The number of carbonyl (C=O) groups excluding carboxylic acids is 1. The lowest BCUT2D eigenvalue weighted by Crippen LogP contribution is -2.28. The van der Waals surface area contributed by atoms with Crippen LogP contribution in [0.2, 0.25) is 0 Å². The second-order valence-corrected chi connectivity index (χ2v) is 8.19. The number of hydrogen-bond acceptors (Lipinski definition) is 5. The maximum Gasteiger partial charge on any atom is 0.258 e. The van der Waals surface area contributed by atoms with E-state index in [0.29, 0.717) is 17.1 Å². The second-order valence-electron chi connectivity index (χ2n) is 6.31. The Morgan fingerprint density at radius 2 is 1.53 bits per heavy atom. The first-order valence-corrected chi connectivity index (χ1v) is 10.7. The van der Waals surface area contributed by atoms with E-state index in [1.54, 1.807) is 36.4 Å². The summed E-state index contributed by atoms with van der Waals surface area (Å²) < 4.78 is 37.2. The van der Waals surface area contributed by atoms with Gasteiger partial charge < -0.3 is 14.8 Å². The summed E-state index contributed by atoms with van der Waals surface area (Å²) in [6.45, 7) is 0.0342. The molecule has 0 bridgehead atoms. The summed E-state index contributed by atoms with van der Waals surface area (Å²) in [7, 11) is -2.18. The van der Waals surface area contributed by atoms with Crippen molar-refractivity contribution >= 4 is 15.9 Å². The van der Waals surface area contributed by atoms with Gasteiger partial charge >= 0.3 is 0 Å². The van der Waals surface area contributed by atoms with Gasteiger partial charge in [-0.05, 0) is 61.1 Å². The lowest BCUT2D eigenvalue weighted by molar-refractivity contribution is -0.123. The third-order valence-corrected chi connectivity index (χ3v) is 5.55. The molecule has 0 saturated carbocycles. The molecule has 0 radical (unpaired) electrons. The van der Waals surface area contributed by atoms with Crippen LogP contribution in [0.4, 0.5) is 0 Å². The van der Waals surface area contributed by atoms with Crippen LogP contribution in [0.15, 0.2) is 83.8 Å². The predicted molar refractivity (Wildman–Crippen MR) is 113 cm³/mol. The Hall–Kier alpha value is -3.36. The van der Waals surface area contributed by atoms with Crippen molar-refractivity contribution in [2.75, 3.05) is 13.7 Å². The summed E-state index contributed by atoms with van der Waals surface area (Å²) >= 11 is 0. The number of sulfonamides is 1. The number of ether oxygens (including phenoxy) is 2. The zero-order chi connectivity index (χ0) is 21.4. The number of benzene rings is 3. The van der Waals surface area contributed by atoms with Crippen LogP contribution < -0.4 is 19.5 Å². The van der Waals surface area contributed by atoms with E-state index in [1.807, 2.05) is 30.3 Å². The first-order valence-electron chi connectivity index (χ1n) is 9.21. The van der Waals surface area contributed by atoms with Crippen molar-refractivity contribution in [3.05, 3.63) is 84.4 Å². The predicted octanol–water partition coefficient (Wildman–Crippen LogP) is 3.08. The minimum absolute atomic E-state index is 0.144. The highest BCUT2D eigenvalue weighted by Crippen LogP contribution is 2.23. The van der Waals surface area contributed by atoms with Gasteiger partial charge in [-0.15, -0.1) is 0 Å². The van der Waals surface area contributed by atoms with E-state index < -0.39 is 10.0 Å². The Morgan fingerprint density at radius 3 is 2.23 bits per heavy atom. The highest BCUT2D eigenvalue weighted by Gasteiger charge is 2.11. The molecule has 1 amide bonds. The molecular formula is C22H22N2O5S. The van der Waals surface area contributed by atoms with Crippen LogP contribution in [-0.2, 0) is 21.4 Å². The average molecular weight is 426 g/mol. The fourth-order valence-electron chi connectivity index (χ4n) is 2.57. The molecule has 3 aromatic rings. The number of rotatable bonds is 9. The molecule has 0 aliphatic rings. The van der Waals surface area contributed by atoms with Crippen LogP contribution in [0.3, 0.4) is 0 Å². The molecule has 0 unspecified atom stereocenters. The summed E-state index contributed by atoms with van der Waals surface area (Å²) in [5.41, 5.74) is 0.669. The fourth-order valence-corrected chi connectivity index (χ4v) is 3.37. The van der Waals surface area contributed by atoms with Crippen LogP contribution in [0, 0.1) is 0 Å². The van der Waals surface area contributed by atoms with Crippen molar-refractivity contribution in [1.29, 1.82) is 0 Å². The van der Waals surface area contributed by atoms with Gasteiger partial charge in [0.15, 0.2) is 6.61 Å². The molecule has 30 heavy (non-hydrogen) atoms. The van der Waals surface area contributed by atoms with Gasteiger partial charge in [-0.1, -0.05) is 30.3 Å². The van der Waals surface area contributed by atoms with E-state index in [2.05, 4.69) is 10.0 Å². The normalized spacial score (nSPS) is 11.0. The Balaban J connectivity index is 1.47. The summed E-state index contributed by atoms with van der Waals surface area (Å²) in [6.07, 6.45) is 0. The Kier molecular flexibility index (Phi) is 7.05. The molecule has 0 aliphatic carbocycles. The second kappa shape index (κ2) is 9.91. The number of amides is 1. The molecule has 0 heterocycles. The molecule has 0 spiro atoms. The van der Waals surface area contributed by atoms with E-state index in [1.165, 1.54) is 19.2 Å². The van der Waals surface area contributed by atoms with Crippen molar-refractivity contribution in [2.45, 2.75) is 11.4 Å². The van der Waals surface area contributed by atoms with Gasteiger partial charge in [0.1, 0.15) is 17.2 Å². The Bertz CT molecular complexity index is 1080. The summed E-state index contributed by atoms with van der Waals surface area (Å²) in [6, 6.07) is 22.7. The zero-order valence-corrected chi connectivity index (χ0v) is 17.2. The molecule has 0 fully saturated rings. The monoisotopic (exact) mass is 426 g/mol. The highest BCUT2D eigenvalue weighted by atomic mass is 32.2. The molecule has 0 saturated heterocycles. The molecule has 7 nitrogen and oxygen atoms in total. The van der Waals surface area contributed by atoms with Crippen molar-refractivity contribution in [3.8, 4) is 17.2 Å². The van der Waals surface area contributed by atoms with E-state index in [4.69, 9.17) is 9.47 Å². The molecule has 2 N–H and O–H groups in total. The fraction of sp³-hybridized carbons (Fsp3) is 0.136. The van der Waals surface area contributed by atoms with E-state index in [9.17, 15) is 13.2 Å². The Morgan fingerprint density at radius 1 is 0.867 bits per heavy atom. The van der Waals surface area contributed by atoms with Gasteiger partial charge in [-0.25, -0.2) is 13.1 Å². The molecule has 0 aromatic heterocycles. The third kappa shape index (κ3) is 6.07. The minimum atomic E-state index is -3.53. The van der Waals surface area contributed by atoms with Gasteiger partial charge in [-0.2, -0.15) is 0 Å². The standard InChI is InChI=1S/C22H22N2O5S/c1-23-30(26,27)21-9-5-6-17(14-21)15-24-22(25)16-28-18-10-12-20(13-11-18)29-19-7-3-2-4-8-19/h2-14,23H,15-16H2,1H3,(H,24,25). The van der Waals surface area contributed by atoms with Crippen LogP contribution in [0.25, 0.3) is 0 Å². The van der Waals surface area contributed by atoms with Gasteiger partial charge in [0.2, 0.25) is 10.0 Å². The largest absolute Gasteiger partial charge is 0.484 e. The lowest BCUT2D eigenvalue weighted by atomic mass is 10.2. The van der Waals surface area contributed by atoms with E-state index in [0.717, 1.165) is 5.75 Å². The first kappa shape index (κ1) is 21.4. The zero-order valence-electron chi connectivity index (χ0n) is 16.4. The van der Waals surface area contributed by atoms with Gasteiger partial charge in [0, 0.05) is 6.54 Å². The Labute approximate surface area is 175 Å². The van der Waals surface area contributed by atoms with E-state index >= 15 is 0 Å². The summed E-state index contributed by atoms with van der Waals surface area (Å²) in [4.78, 5) is 12.2. The van der Waals surface area contributed by atoms with Crippen molar-refractivity contribution in [3.63, 3.8) is 0 Å². The number of nitrogens with one attached hydrogen (secondary N) is 2. The number of hydrogen-bond donors (Lipinski definition) is 2. The van der Waals surface area contributed by atoms with Crippen LogP contribution >= 0.6 is 0 Å². The van der Waals surface area contributed by atoms with Crippen molar-refractivity contribution in [2.24, 2.45) is 0 Å². The van der Waals surface area contributed by atoms with Gasteiger partial charge in [0.05, 0.1) is 4.90 Å². The minimum Gasteiger partial charge on any atom is -0.484 e. The number of carbonyl (C=O) groups is 1. The lowest BCUT2D eigenvalue weighted by Gasteiger charge is -2.10. The summed E-state index contributed by atoms with van der Waals surface area (Å²) in [5, 5.41) is 2.71. The quantitative estimate of drug-likeness (QED) is 0.548. The third-order valence-electron chi connectivity index (χ3n) is 4.14. The first-order chi connectivity index (χ1) is 14.5. The van der Waals surface area contributed by atoms with Gasteiger partial charge in [-0.3, -0.25) is 4.79 Å². The molecule has 8 heteroatoms. The van der Waals surface area contributed by atoms with Crippen LogP contribution in [0.5, 0.6) is 17.2 Å². The van der Waals surface area contributed by atoms with Crippen LogP contribution in [-0.4, -0.2) is 28.0 Å². The van der Waals surface area contributed by atoms with Crippen molar-refractivity contribution < 1.29 is 22.7 Å². The maximum absolute atomic E-state index is 12.0. The van der Waals surface area contributed by atoms with Crippen LogP contribution in [0.1, 0.15) is 5.56 Å². The SMILES string of the molecule is CNS(=O)(=O)c1cccc(CNC(=O)COc2ccc(Oc3ccccc3)cc2)c1. The average Bonchev–Trinajstić information content (AvgIpc) is 2.78. The molecule has 156 valence electrons. The molecular weight excluding hydrogens is 404 g/mol. The molecule has 0 atom stereocenters. The maximum atomic E-state index is 12.0. The topological polar surface area (TPSA) is 93.7 Å². The molecule has 3 aromatic carbocycles. The van der Waals surface area contributed by atoms with Gasteiger partial charge in [0.25, 0.3) is 5.91 Å².